The van der Waals surface area contributed by atoms with Gasteiger partial charge >= 0.3 is 0 Å². The third-order valence-corrected chi connectivity index (χ3v) is 3.32. The Labute approximate surface area is 108 Å². The lowest BCUT2D eigenvalue weighted by Gasteiger charge is -2.14. The Morgan fingerprint density at radius 2 is 1.88 bits per heavy atom. The number of halogens is 2. The monoisotopic (exact) mass is 294 g/mol. The van der Waals surface area contributed by atoms with Crippen LogP contribution in [0.1, 0.15) is 22.8 Å². The van der Waals surface area contributed by atoms with E-state index in [0.717, 1.165) is 5.56 Å². The molecular formula is C14H12BrFO. The van der Waals surface area contributed by atoms with Crippen LogP contribution >= 0.6 is 15.9 Å². The maximum Gasteiger partial charge on any atom is 0.130 e. The first kappa shape index (κ1) is 12.3. The summed E-state index contributed by atoms with van der Waals surface area (Å²) in [5, 5.41) is 10.2. The number of aryl methyl sites for hydroxylation is 1. The molecule has 1 atom stereocenters. The summed E-state index contributed by atoms with van der Waals surface area (Å²) in [6.07, 6.45) is -0.953. The van der Waals surface area contributed by atoms with Crippen molar-refractivity contribution in [3.8, 4) is 0 Å². The van der Waals surface area contributed by atoms with E-state index in [0.29, 0.717) is 10.0 Å². The fourth-order valence-electron chi connectivity index (χ4n) is 1.78. The van der Waals surface area contributed by atoms with Gasteiger partial charge < -0.3 is 5.11 Å². The molecule has 0 bridgehead atoms. The standard InChI is InChI=1S/C14H12BrFO/c1-9-4-2-5-10(8-9)14(17)13-11(15)6-3-7-12(13)16/h2-8,14,17H,1H3. The summed E-state index contributed by atoms with van der Waals surface area (Å²) in [6, 6.07) is 12.1. The third-order valence-electron chi connectivity index (χ3n) is 2.63. The average molecular weight is 295 g/mol. The Bertz CT molecular complexity index is 519. The molecule has 1 unspecified atom stereocenters. The number of hydrogen-bond donors (Lipinski definition) is 1. The zero-order valence-electron chi connectivity index (χ0n) is 9.32. The highest BCUT2D eigenvalue weighted by Crippen LogP contribution is 2.30. The number of benzene rings is 2. The van der Waals surface area contributed by atoms with Crippen LogP contribution in [0.5, 0.6) is 0 Å². The van der Waals surface area contributed by atoms with E-state index < -0.39 is 11.9 Å². The van der Waals surface area contributed by atoms with Crippen LogP contribution in [0.2, 0.25) is 0 Å². The normalized spacial score (nSPS) is 12.5. The van der Waals surface area contributed by atoms with Crippen LogP contribution in [0.3, 0.4) is 0 Å². The van der Waals surface area contributed by atoms with E-state index in [4.69, 9.17) is 0 Å². The van der Waals surface area contributed by atoms with E-state index in [2.05, 4.69) is 15.9 Å². The van der Waals surface area contributed by atoms with Crippen molar-refractivity contribution >= 4 is 15.9 Å². The summed E-state index contributed by atoms with van der Waals surface area (Å²) in [6.45, 7) is 1.94. The highest BCUT2D eigenvalue weighted by molar-refractivity contribution is 9.10. The molecule has 1 N–H and O–H groups in total. The zero-order valence-corrected chi connectivity index (χ0v) is 10.9. The molecular weight excluding hydrogens is 283 g/mol. The van der Waals surface area contributed by atoms with Gasteiger partial charge in [-0.25, -0.2) is 4.39 Å². The lowest BCUT2D eigenvalue weighted by atomic mass is 10.00. The summed E-state index contributed by atoms with van der Waals surface area (Å²) in [4.78, 5) is 0. The van der Waals surface area contributed by atoms with Gasteiger partial charge in [0.25, 0.3) is 0 Å². The summed E-state index contributed by atoms with van der Waals surface area (Å²) in [5.41, 5.74) is 2.00. The van der Waals surface area contributed by atoms with Gasteiger partial charge in [0, 0.05) is 10.0 Å². The lowest BCUT2D eigenvalue weighted by molar-refractivity contribution is 0.214. The van der Waals surface area contributed by atoms with Crippen LogP contribution in [0.25, 0.3) is 0 Å². The summed E-state index contributed by atoms with van der Waals surface area (Å²) < 4.78 is 14.3. The van der Waals surface area contributed by atoms with Gasteiger partial charge in [-0.1, -0.05) is 51.8 Å². The van der Waals surface area contributed by atoms with E-state index in [-0.39, 0.29) is 5.56 Å². The Kier molecular flexibility index (Phi) is 3.60. The average Bonchev–Trinajstić information content (AvgIpc) is 2.28. The van der Waals surface area contributed by atoms with Crippen molar-refractivity contribution in [1.82, 2.24) is 0 Å². The van der Waals surface area contributed by atoms with Crippen molar-refractivity contribution in [3.05, 3.63) is 69.4 Å². The van der Waals surface area contributed by atoms with Crippen LogP contribution in [0.4, 0.5) is 4.39 Å². The molecule has 17 heavy (non-hydrogen) atoms. The first-order chi connectivity index (χ1) is 8.09. The quantitative estimate of drug-likeness (QED) is 0.888. The smallest absolute Gasteiger partial charge is 0.130 e. The highest BCUT2D eigenvalue weighted by atomic mass is 79.9. The van der Waals surface area contributed by atoms with Gasteiger partial charge in [-0.2, -0.15) is 0 Å². The molecule has 0 saturated carbocycles. The second-order valence-corrected chi connectivity index (χ2v) is 4.81. The van der Waals surface area contributed by atoms with E-state index in [1.165, 1.54) is 6.07 Å². The maximum atomic E-state index is 13.7. The van der Waals surface area contributed by atoms with Gasteiger partial charge in [-0.15, -0.1) is 0 Å². The molecule has 0 radical (unpaired) electrons. The first-order valence-corrected chi connectivity index (χ1v) is 6.07. The molecule has 0 aliphatic rings. The maximum absolute atomic E-state index is 13.7. The molecule has 2 aromatic carbocycles. The summed E-state index contributed by atoms with van der Waals surface area (Å²) >= 11 is 3.26. The predicted octanol–water partition coefficient (Wildman–Crippen LogP) is 3.98. The van der Waals surface area contributed by atoms with E-state index >= 15 is 0 Å². The van der Waals surface area contributed by atoms with Crippen LogP contribution in [0.15, 0.2) is 46.9 Å². The van der Waals surface area contributed by atoms with Crippen LogP contribution < -0.4 is 0 Å². The van der Waals surface area contributed by atoms with Gasteiger partial charge in [0.05, 0.1) is 0 Å². The van der Waals surface area contributed by atoms with Crippen LogP contribution in [0, 0.1) is 12.7 Å². The summed E-state index contributed by atoms with van der Waals surface area (Å²) in [7, 11) is 0. The van der Waals surface area contributed by atoms with Crippen molar-refractivity contribution in [1.29, 1.82) is 0 Å². The Morgan fingerprint density at radius 1 is 1.18 bits per heavy atom. The molecule has 0 saturated heterocycles. The van der Waals surface area contributed by atoms with Gasteiger partial charge in [0.2, 0.25) is 0 Å². The Hall–Kier alpha value is -1.19. The van der Waals surface area contributed by atoms with Gasteiger partial charge in [0.15, 0.2) is 0 Å². The van der Waals surface area contributed by atoms with E-state index in [9.17, 15) is 9.50 Å². The third kappa shape index (κ3) is 2.56. The molecule has 0 aromatic heterocycles. The molecule has 0 fully saturated rings. The fraction of sp³-hybridized carbons (Fsp3) is 0.143. The van der Waals surface area contributed by atoms with E-state index in [1.54, 1.807) is 18.2 Å². The molecule has 2 aromatic rings. The zero-order chi connectivity index (χ0) is 12.4. The molecule has 0 spiro atoms. The van der Waals surface area contributed by atoms with E-state index in [1.807, 2.05) is 25.1 Å². The van der Waals surface area contributed by atoms with Gasteiger partial charge in [-0.05, 0) is 24.6 Å². The first-order valence-electron chi connectivity index (χ1n) is 5.28. The Balaban J connectivity index is 2.47. The number of aliphatic hydroxyl groups excluding tert-OH is 1. The minimum absolute atomic E-state index is 0.276. The molecule has 0 aliphatic carbocycles. The minimum atomic E-state index is -0.953. The largest absolute Gasteiger partial charge is 0.384 e. The molecule has 0 heterocycles. The SMILES string of the molecule is Cc1cccc(C(O)c2c(F)cccc2Br)c1. The Morgan fingerprint density at radius 3 is 2.53 bits per heavy atom. The van der Waals surface area contributed by atoms with Crippen LogP contribution in [-0.4, -0.2) is 5.11 Å². The van der Waals surface area contributed by atoms with Crippen molar-refractivity contribution in [2.24, 2.45) is 0 Å². The molecule has 1 nitrogen and oxygen atoms in total. The molecule has 88 valence electrons. The second kappa shape index (κ2) is 4.98. The molecule has 3 heteroatoms. The van der Waals surface area contributed by atoms with Crippen molar-refractivity contribution < 1.29 is 9.50 Å². The predicted molar refractivity (Wildman–Crippen MR) is 69.3 cm³/mol. The molecule has 2 rings (SSSR count). The van der Waals surface area contributed by atoms with Crippen LogP contribution in [-0.2, 0) is 0 Å². The molecule has 0 amide bonds. The second-order valence-electron chi connectivity index (χ2n) is 3.95. The lowest BCUT2D eigenvalue weighted by Crippen LogP contribution is -2.03. The fourth-order valence-corrected chi connectivity index (χ4v) is 2.34. The minimum Gasteiger partial charge on any atom is -0.384 e. The summed E-state index contributed by atoms with van der Waals surface area (Å²) in [5.74, 6) is -0.409. The van der Waals surface area contributed by atoms with Crippen molar-refractivity contribution in [2.75, 3.05) is 0 Å². The number of rotatable bonds is 2. The number of hydrogen-bond acceptors (Lipinski definition) is 1. The highest BCUT2D eigenvalue weighted by Gasteiger charge is 2.17. The number of aliphatic hydroxyl groups is 1. The topological polar surface area (TPSA) is 20.2 Å². The van der Waals surface area contributed by atoms with Crippen molar-refractivity contribution in [3.63, 3.8) is 0 Å². The molecule has 0 aliphatic heterocycles. The van der Waals surface area contributed by atoms with Gasteiger partial charge in [-0.3, -0.25) is 0 Å². The van der Waals surface area contributed by atoms with Gasteiger partial charge in [0.1, 0.15) is 11.9 Å². The van der Waals surface area contributed by atoms with Crippen molar-refractivity contribution in [2.45, 2.75) is 13.0 Å².